The van der Waals surface area contributed by atoms with E-state index in [4.69, 9.17) is 28.4 Å². The molecule has 8 nitrogen and oxygen atoms in total. The Bertz CT molecular complexity index is 1050. The Hall–Kier alpha value is -3.62. The maximum Gasteiger partial charge on any atom is 0.331 e. The van der Waals surface area contributed by atoms with E-state index < -0.39 is 36.4 Å². The molecule has 2 fully saturated rings. The Morgan fingerprint density at radius 1 is 0.700 bits per heavy atom. The number of hydrogen-bond acceptors (Lipinski definition) is 8. The Balaban J connectivity index is 1.20. The normalized spacial score (nSPS) is 21.9. The lowest BCUT2D eigenvalue weighted by atomic mass is 10.1. The third-order valence-corrected chi connectivity index (χ3v) is 6.61. The van der Waals surface area contributed by atoms with Gasteiger partial charge >= 0.3 is 11.9 Å². The van der Waals surface area contributed by atoms with E-state index in [1.807, 2.05) is 48.5 Å². The van der Waals surface area contributed by atoms with E-state index in [0.717, 1.165) is 48.3 Å². The Morgan fingerprint density at radius 3 is 1.48 bits per heavy atom. The maximum absolute atomic E-state index is 12.4. The van der Waals surface area contributed by atoms with Gasteiger partial charge in [-0.3, -0.25) is 0 Å². The second kappa shape index (κ2) is 15.2. The number of rotatable bonds is 14. The molecule has 0 amide bonds. The largest absolute Gasteiger partial charge is 0.494 e. The third-order valence-electron chi connectivity index (χ3n) is 6.61. The number of carbonyl (C=O) groups excluding carboxylic acids is 2. The highest BCUT2D eigenvalue weighted by Gasteiger charge is 2.51. The molecule has 2 aromatic rings. The van der Waals surface area contributed by atoms with E-state index in [1.54, 1.807) is 12.2 Å². The molecule has 2 saturated heterocycles. The van der Waals surface area contributed by atoms with Crippen LogP contribution in [0.1, 0.15) is 50.7 Å². The number of hydrogen-bond donors (Lipinski definition) is 0. The Morgan fingerprint density at radius 2 is 1.10 bits per heavy atom. The molecule has 0 N–H and O–H groups in total. The predicted octanol–water partition coefficient (Wildman–Crippen LogP) is 5.39. The Kier molecular flexibility index (Phi) is 11.2. The van der Waals surface area contributed by atoms with E-state index in [9.17, 15) is 9.59 Å². The first-order chi connectivity index (χ1) is 19.6. The molecule has 8 heteroatoms. The SMILES string of the molecule is CCCCOc1ccc(/C=C/C(=O)O[C@@H]2COC3C2OC[C@H]3OC(=O)/C=C/c2ccc(OCCCC)cc2)cc1. The smallest absolute Gasteiger partial charge is 0.331 e. The van der Waals surface area contributed by atoms with Gasteiger partial charge in [0, 0.05) is 12.2 Å². The molecule has 2 aromatic carbocycles. The lowest BCUT2D eigenvalue weighted by Gasteiger charge is -2.16. The van der Waals surface area contributed by atoms with Gasteiger partial charge in [0.25, 0.3) is 0 Å². The van der Waals surface area contributed by atoms with Gasteiger partial charge in [-0.2, -0.15) is 0 Å². The van der Waals surface area contributed by atoms with Crippen molar-refractivity contribution in [1.82, 2.24) is 0 Å². The lowest BCUT2D eigenvalue weighted by Crippen LogP contribution is -2.35. The average molecular weight is 551 g/mol. The summed E-state index contributed by atoms with van der Waals surface area (Å²) in [6.45, 7) is 5.96. The summed E-state index contributed by atoms with van der Waals surface area (Å²) in [5, 5.41) is 0. The average Bonchev–Trinajstić information content (AvgIpc) is 3.55. The van der Waals surface area contributed by atoms with Crippen LogP contribution < -0.4 is 9.47 Å². The first-order valence-corrected chi connectivity index (χ1v) is 14.0. The van der Waals surface area contributed by atoms with Crippen LogP contribution in [0.5, 0.6) is 11.5 Å². The number of esters is 2. The van der Waals surface area contributed by atoms with E-state index >= 15 is 0 Å². The molecule has 0 radical (unpaired) electrons. The van der Waals surface area contributed by atoms with Crippen molar-refractivity contribution in [3.05, 3.63) is 71.8 Å². The molecule has 0 bridgehead atoms. The summed E-state index contributed by atoms with van der Waals surface area (Å²) in [4.78, 5) is 24.8. The number of ether oxygens (including phenoxy) is 6. The van der Waals surface area contributed by atoms with Gasteiger partial charge in [0.2, 0.25) is 0 Å². The van der Waals surface area contributed by atoms with Gasteiger partial charge in [0.15, 0.2) is 12.2 Å². The van der Waals surface area contributed by atoms with Crippen molar-refractivity contribution in [3.63, 3.8) is 0 Å². The first-order valence-electron chi connectivity index (χ1n) is 14.0. The zero-order valence-electron chi connectivity index (χ0n) is 23.2. The fourth-order valence-corrected chi connectivity index (χ4v) is 4.36. The summed E-state index contributed by atoms with van der Waals surface area (Å²) in [5.74, 6) is 0.610. The van der Waals surface area contributed by atoms with Crippen LogP contribution in [0, 0.1) is 0 Å². The molecule has 2 unspecified atom stereocenters. The predicted molar refractivity (Wildman–Crippen MR) is 151 cm³/mol. The molecule has 0 spiro atoms. The highest BCUT2D eigenvalue weighted by atomic mass is 16.7. The summed E-state index contributed by atoms with van der Waals surface area (Å²) >= 11 is 0. The second-order valence-electron chi connectivity index (χ2n) is 9.76. The van der Waals surface area contributed by atoms with Gasteiger partial charge in [-0.15, -0.1) is 0 Å². The van der Waals surface area contributed by atoms with Gasteiger partial charge in [-0.05, 0) is 60.4 Å². The fourth-order valence-electron chi connectivity index (χ4n) is 4.36. The fraction of sp³-hybridized carbons (Fsp3) is 0.438. The van der Waals surface area contributed by atoms with Crippen LogP contribution >= 0.6 is 0 Å². The molecule has 0 aromatic heterocycles. The molecule has 0 aliphatic carbocycles. The van der Waals surface area contributed by atoms with Crippen molar-refractivity contribution in [1.29, 1.82) is 0 Å². The van der Waals surface area contributed by atoms with Crippen molar-refractivity contribution in [2.75, 3.05) is 26.4 Å². The van der Waals surface area contributed by atoms with Crippen LogP contribution in [0.15, 0.2) is 60.7 Å². The Labute approximate surface area is 235 Å². The van der Waals surface area contributed by atoms with Crippen molar-refractivity contribution in [3.8, 4) is 11.5 Å². The zero-order valence-corrected chi connectivity index (χ0v) is 23.2. The van der Waals surface area contributed by atoms with Gasteiger partial charge in [-0.25, -0.2) is 9.59 Å². The topological polar surface area (TPSA) is 89.5 Å². The first kappa shape index (κ1) is 29.4. The molecule has 2 aliphatic heterocycles. The highest BCUT2D eigenvalue weighted by molar-refractivity contribution is 5.87. The van der Waals surface area contributed by atoms with Crippen LogP contribution in [0.25, 0.3) is 12.2 Å². The van der Waals surface area contributed by atoms with Crippen LogP contribution in [0.3, 0.4) is 0 Å². The summed E-state index contributed by atoms with van der Waals surface area (Å²) in [7, 11) is 0. The minimum Gasteiger partial charge on any atom is -0.494 e. The summed E-state index contributed by atoms with van der Waals surface area (Å²) in [5.41, 5.74) is 1.71. The standard InChI is InChI=1S/C32H38O8/c1-3-5-19-35-25-13-7-23(8-14-25)11-17-29(33)39-27-21-37-32-28(22-38-31(27)32)40-30(34)18-12-24-9-15-26(16-10-24)36-20-6-4-2/h7-18,27-28,31-32H,3-6,19-22H2,1-2H3/b17-11+,18-12+/t27-,28-,31?,32?/m1/s1. The van der Waals surface area contributed by atoms with Crippen LogP contribution in [-0.2, 0) is 28.5 Å². The molecule has 40 heavy (non-hydrogen) atoms. The summed E-state index contributed by atoms with van der Waals surface area (Å²) < 4.78 is 34.0. The van der Waals surface area contributed by atoms with Crippen molar-refractivity contribution < 1.29 is 38.0 Å². The minimum absolute atomic E-state index is 0.176. The number of fused-ring (bicyclic) bond motifs is 1. The van der Waals surface area contributed by atoms with Crippen LogP contribution in [0.2, 0.25) is 0 Å². The van der Waals surface area contributed by atoms with Crippen molar-refractivity contribution in [2.24, 2.45) is 0 Å². The monoisotopic (exact) mass is 550 g/mol. The van der Waals surface area contributed by atoms with Crippen LogP contribution in [0.4, 0.5) is 0 Å². The minimum atomic E-state index is -0.575. The van der Waals surface area contributed by atoms with Crippen molar-refractivity contribution in [2.45, 2.75) is 63.9 Å². The van der Waals surface area contributed by atoms with Crippen molar-refractivity contribution >= 4 is 24.1 Å². The maximum atomic E-state index is 12.4. The molecule has 214 valence electrons. The quantitative estimate of drug-likeness (QED) is 0.176. The van der Waals surface area contributed by atoms with Gasteiger partial charge in [0.1, 0.15) is 23.7 Å². The molecule has 2 heterocycles. The number of benzene rings is 2. The van der Waals surface area contributed by atoms with Gasteiger partial charge in [-0.1, -0.05) is 51.0 Å². The molecular formula is C32H38O8. The van der Waals surface area contributed by atoms with E-state index in [-0.39, 0.29) is 13.2 Å². The third kappa shape index (κ3) is 8.69. The van der Waals surface area contributed by atoms with E-state index in [1.165, 1.54) is 12.2 Å². The second-order valence-corrected chi connectivity index (χ2v) is 9.76. The highest BCUT2D eigenvalue weighted by Crippen LogP contribution is 2.31. The number of unbranched alkanes of at least 4 members (excludes halogenated alkanes) is 2. The van der Waals surface area contributed by atoms with Crippen LogP contribution in [-0.4, -0.2) is 62.8 Å². The van der Waals surface area contributed by atoms with Gasteiger partial charge < -0.3 is 28.4 Å². The summed E-state index contributed by atoms with van der Waals surface area (Å²) in [6, 6.07) is 15.0. The molecule has 0 saturated carbocycles. The molecule has 4 rings (SSSR count). The van der Waals surface area contributed by atoms with Gasteiger partial charge in [0.05, 0.1) is 26.4 Å². The molecule has 2 aliphatic rings. The number of carbonyl (C=O) groups is 2. The molecule has 4 atom stereocenters. The lowest BCUT2D eigenvalue weighted by molar-refractivity contribution is -0.149. The molecular weight excluding hydrogens is 512 g/mol. The van der Waals surface area contributed by atoms with E-state index in [0.29, 0.717) is 13.2 Å². The van der Waals surface area contributed by atoms with E-state index in [2.05, 4.69) is 13.8 Å². The summed E-state index contributed by atoms with van der Waals surface area (Å²) in [6.07, 6.45) is 8.18. The zero-order chi connectivity index (χ0) is 28.2.